The Balaban J connectivity index is 1.88. The Morgan fingerprint density at radius 1 is 1.24 bits per heavy atom. The molecule has 0 aliphatic heterocycles. The maximum atomic E-state index is 7.93. The number of hydrogen-bond donors (Lipinski definition) is 1. The van der Waals surface area contributed by atoms with Gasteiger partial charge in [-0.05, 0) is 66.6 Å². The second-order valence-corrected chi connectivity index (χ2v) is 7.80. The second-order valence-electron chi connectivity index (χ2n) is 7.80. The van der Waals surface area contributed by atoms with Crippen molar-refractivity contribution in [3.05, 3.63) is 0 Å². The normalized spacial score (nSPS) is 52.4. The van der Waals surface area contributed by atoms with Gasteiger partial charge in [-0.3, -0.25) is 0 Å². The molecule has 0 heterocycles. The van der Waals surface area contributed by atoms with Crippen LogP contribution < -0.4 is 0 Å². The third kappa shape index (κ3) is 1.34. The van der Waals surface area contributed by atoms with Crippen LogP contribution in [0, 0.1) is 39.9 Å². The molecular weight excluding hydrogens is 206 g/mol. The highest BCUT2D eigenvalue weighted by Crippen LogP contribution is 2.70. The van der Waals surface area contributed by atoms with Crippen LogP contribution in [0.2, 0.25) is 0 Å². The van der Waals surface area contributed by atoms with E-state index in [0.717, 1.165) is 42.2 Å². The Bertz CT molecular complexity index is 357. The van der Waals surface area contributed by atoms with Gasteiger partial charge in [0.25, 0.3) is 0 Å². The lowest BCUT2D eigenvalue weighted by Gasteiger charge is -2.68. The first-order valence-corrected chi connectivity index (χ1v) is 7.44. The van der Waals surface area contributed by atoms with Crippen LogP contribution in [0.3, 0.4) is 0 Å². The topological polar surface area (TPSA) is 23.9 Å². The fourth-order valence-electron chi connectivity index (χ4n) is 5.58. The average Bonchev–Trinajstić information content (AvgIpc) is 2.26. The molecule has 0 saturated heterocycles. The van der Waals surface area contributed by atoms with Crippen LogP contribution >= 0.6 is 0 Å². The van der Waals surface area contributed by atoms with E-state index in [4.69, 9.17) is 5.41 Å². The average molecular weight is 233 g/mol. The zero-order chi connectivity index (χ0) is 12.4. The Morgan fingerprint density at radius 3 is 2.47 bits per heavy atom. The van der Waals surface area contributed by atoms with Crippen molar-refractivity contribution >= 4 is 5.71 Å². The molecule has 1 nitrogen and oxygen atoms in total. The van der Waals surface area contributed by atoms with Gasteiger partial charge in [0, 0.05) is 5.71 Å². The van der Waals surface area contributed by atoms with Gasteiger partial charge in [-0.15, -0.1) is 0 Å². The lowest BCUT2D eigenvalue weighted by Crippen LogP contribution is -2.61. The van der Waals surface area contributed by atoms with E-state index < -0.39 is 0 Å². The van der Waals surface area contributed by atoms with Gasteiger partial charge in [-0.25, -0.2) is 0 Å². The zero-order valence-electron chi connectivity index (χ0n) is 11.8. The van der Waals surface area contributed by atoms with E-state index in [1.54, 1.807) is 0 Å². The van der Waals surface area contributed by atoms with Gasteiger partial charge in [-0.1, -0.05) is 27.7 Å². The lowest BCUT2D eigenvalue weighted by molar-refractivity contribution is -0.189. The van der Waals surface area contributed by atoms with Gasteiger partial charge in [0.1, 0.15) is 0 Å². The molecule has 17 heavy (non-hydrogen) atoms. The van der Waals surface area contributed by atoms with Gasteiger partial charge in [-0.2, -0.15) is 0 Å². The molecule has 5 atom stereocenters. The quantitative estimate of drug-likeness (QED) is 0.636. The van der Waals surface area contributed by atoms with Crippen LogP contribution in [-0.2, 0) is 0 Å². The number of hydrogen-bond acceptors (Lipinski definition) is 1. The maximum Gasteiger partial charge on any atom is 0.00922 e. The summed E-state index contributed by atoms with van der Waals surface area (Å²) in [4.78, 5) is 0. The van der Waals surface area contributed by atoms with E-state index >= 15 is 0 Å². The largest absolute Gasteiger partial charge is 0.310 e. The molecular formula is C16H27N. The Kier molecular flexibility index (Phi) is 2.32. The highest BCUT2D eigenvalue weighted by Gasteiger charge is 2.62. The summed E-state index contributed by atoms with van der Waals surface area (Å²) in [6.07, 6.45) is 6.39. The minimum atomic E-state index is 0.591. The highest BCUT2D eigenvalue weighted by atomic mass is 14.7. The predicted octanol–water partition coefficient (Wildman–Crippen LogP) is 4.51. The summed E-state index contributed by atoms with van der Waals surface area (Å²) in [5.74, 6) is 3.56. The van der Waals surface area contributed by atoms with E-state index in [1.165, 1.54) is 19.3 Å². The molecule has 1 heteroatoms. The van der Waals surface area contributed by atoms with Crippen LogP contribution in [0.25, 0.3) is 0 Å². The maximum absolute atomic E-state index is 7.93. The van der Waals surface area contributed by atoms with E-state index in [2.05, 4.69) is 27.7 Å². The van der Waals surface area contributed by atoms with Gasteiger partial charge in [0.2, 0.25) is 0 Å². The van der Waals surface area contributed by atoms with Gasteiger partial charge >= 0.3 is 0 Å². The molecule has 5 unspecified atom stereocenters. The van der Waals surface area contributed by atoms with Crippen molar-refractivity contribution in [2.75, 3.05) is 0 Å². The van der Waals surface area contributed by atoms with Gasteiger partial charge in [0.05, 0.1) is 0 Å². The summed E-state index contributed by atoms with van der Waals surface area (Å²) >= 11 is 0. The lowest BCUT2D eigenvalue weighted by atomic mass is 9.36. The third-order valence-corrected chi connectivity index (χ3v) is 7.11. The van der Waals surface area contributed by atoms with E-state index in [0.29, 0.717) is 10.8 Å². The van der Waals surface area contributed by atoms with Crippen molar-refractivity contribution in [1.29, 1.82) is 5.41 Å². The molecule has 4 fully saturated rings. The van der Waals surface area contributed by atoms with E-state index in [9.17, 15) is 0 Å². The molecule has 1 N–H and O–H groups in total. The summed E-state index contributed by atoms with van der Waals surface area (Å²) < 4.78 is 0. The molecule has 4 rings (SSSR count). The van der Waals surface area contributed by atoms with Crippen LogP contribution in [0.4, 0.5) is 0 Å². The molecule has 4 saturated carbocycles. The molecule has 2 bridgehead atoms. The van der Waals surface area contributed by atoms with Crippen molar-refractivity contribution in [1.82, 2.24) is 0 Å². The summed E-state index contributed by atoms with van der Waals surface area (Å²) in [5, 5.41) is 7.93. The summed E-state index contributed by atoms with van der Waals surface area (Å²) in [6.45, 7) is 9.92. The van der Waals surface area contributed by atoms with Crippen molar-refractivity contribution in [3.8, 4) is 0 Å². The smallest absolute Gasteiger partial charge is 0.00922 e. The highest BCUT2D eigenvalue weighted by molar-refractivity contribution is 5.82. The van der Waals surface area contributed by atoms with Gasteiger partial charge < -0.3 is 5.41 Å². The first-order valence-electron chi connectivity index (χ1n) is 7.44. The molecule has 4 aliphatic carbocycles. The summed E-state index contributed by atoms with van der Waals surface area (Å²) in [7, 11) is 0. The second kappa shape index (κ2) is 3.36. The van der Waals surface area contributed by atoms with Crippen molar-refractivity contribution in [3.63, 3.8) is 0 Å². The zero-order valence-corrected chi connectivity index (χ0v) is 11.8. The molecule has 0 radical (unpaired) electrons. The summed E-state index contributed by atoms with van der Waals surface area (Å²) in [5.41, 5.74) is 2.21. The van der Waals surface area contributed by atoms with Crippen LogP contribution in [-0.4, -0.2) is 5.71 Å². The molecule has 0 aromatic carbocycles. The SMILES string of the molecule is CC1CC(=N)CCC12CC1CC(C2C)C1(C)C. The van der Waals surface area contributed by atoms with Crippen molar-refractivity contribution in [2.24, 2.45) is 34.5 Å². The Hall–Kier alpha value is -0.330. The molecule has 4 aliphatic rings. The molecule has 96 valence electrons. The standard InChI is InChI=1S/C16H27N/c1-10-7-13(17)5-6-16(10)9-12-8-14(11(16)2)15(12,3)4/h10-12,14,17H,5-9H2,1-4H3. The molecule has 1 spiro atoms. The number of rotatable bonds is 0. The Labute approximate surface area is 106 Å². The monoisotopic (exact) mass is 233 g/mol. The van der Waals surface area contributed by atoms with Gasteiger partial charge in [0.15, 0.2) is 0 Å². The minimum Gasteiger partial charge on any atom is -0.310 e. The van der Waals surface area contributed by atoms with Crippen molar-refractivity contribution in [2.45, 2.75) is 59.8 Å². The molecule has 0 amide bonds. The van der Waals surface area contributed by atoms with E-state index in [1.807, 2.05) is 0 Å². The van der Waals surface area contributed by atoms with Crippen LogP contribution in [0.15, 0.2) is 0 Å². The fraction of sp³-hybridized carbons (Fsp3) is 0.938. The number of nitrogens with one attached hydrogen (secondary N) is 1. The van der Waals surface area contributed by atoms with Crippen molar-refractivity contribution < 1.29 is 0 Å². The first-order chi connectivity index (χ1) is 7.88. The molecule has 0 aromatic rings. The minimum absolute atomic E-state index is 0.591. The predicted molar refractivity (Wildman–Crippen MR) is 72.3 cm³/mol. The summed E-state index contributed by atoms with van der Waals surface area (Å²) in [6, 6.07) is 0. The van der Waals surface area contributed by atoms with Crippen LogP contribution in [0.1, 0.15) is 59.8 Å². The van der Waals surface area contributed by atoms with E-state index in [-0.39, 0.29) is 0 Å². The Morgan fingerprint density at radius 2 is 1.94 bits per heavy atom. The van der Waals surface area contributed by atoms with Crippen LogP contribution in [0.5, 0.6) is 0 Å². The first kappa shape index (κ1) is 11.7. The molecule has 0 aromatic heterocycles. The third-order valence-electron chi connectivity index (χ3n) is 7.11. The fourth-order valence-corrected chi connectivity index (χ4v) is 5.58.